The summed E-state index contributed by atoms with van der Waals surface area (Å²) in [4.78, 5) is 14.4. The molecule has 0 bridgehead atoms. The van der Waals surface area contributed by atoms with E-state index < -0.39 is 0 Å². The molecule has 0 aromatic heterocycles. The molecule has 2 heterocycles. The van der Waals surface area contributed by atoms with Gasteiger partial charge in [-0.05, 0) is 30.9 Å². The van der Waals surface area contributed by atoms with Gasteiger partial charge in [0.1, 0.15) is 0 Å². The van der Waals surface area contributed by atoms with Gasteiger partial charge in [0.05, 0.1) is 23.9 Å². The number of ether oxygens (including phenoxy) is 1. The van der Waals surface area contributed by atoms with Gasteiger partial charge < -0.3 is 15.4 Å². The monoisotopic (exact) mass is 246 g/mol. The van der Waals surface area contributed by atoms with E-state index in [0.29, 0.717) is 12.3 Å². The molecule has 1 unspecified atom stereocenters. The fourth-order valence-electron chi connectivity index (χ4n) is 2.86. The lowest BCUT2D eigenvalue weighted by atomic mass is 10.0. The average molecular weight is 246 g/mol. The van der Waals surface area contributed by atoms with E-state index in [9.17, 15) is 4.79 Å². The van der Waals surface area contributed by atoms with Gasteiger partial charge in [0.15, 0.2) is 0 Å². The molecule has 0 spiro atoms. The maximum atomic E-state index is 12.5. The molecule has 4 heteroatoms. The first-order valence-electron chi connectivity index (χ1n) is 6.54. The minimum atomic E-state index is 0.00399. The predicted molar refractivity (Wildman–Crippen MR) is 70.5 cm³/mol. The molecular weight excluding hydrogens is 228 g/mol. The van der Waals surface area contributed by atoms with Crippen LogP contribution in [-0.2, 0) is 16.0 Å². The Morgan fingerprint density at radius 2 is 2.33 bits per heavy atom. The van der Waals surface area contributed by atoms with Gasteiger partial charge in [0, 0.05) is 13.2 Å². The predicted octanol–water partition coefficient (Wildman–Crippen LogP) is 1.58. The van der Waals surface area contributed by atoms with Gasteiger partial charge in [0.2, 0.25) is 5.91 Å². The van der Waals surface area contributed by atoms with Gasteiger partial charge in [-0.3, -0.25) is 4.79 Å². The summed E-state index contributed by atoms with van der Waals surface area (Å²) in [6.07, 6.45) is 2.80. The zero-order chi connectivity index (χ0) is 12.5. The molecule has 2 aliphatic heterocycles. The van der Waals surface area contributed by atoms with E-state index in [4.69, 9.17) is 10.5 Å². The topological polar surface area (TPSA) is 55.6 Å². The normalized spacial score (nSPS) is 22.9. The highest BCUT2D eigenvalue weighted by atomic mass is 16.5. The lowest BCUT2D eigenvalue weighted by molar-refractivity contribution is -0.126. The molecule has 0 saturated carbocycles. The number of nitrogen functional groups attached to an aromatic ring is 1. The summed E-state index contributed by atoms with van der Waals surface area (Å²) in [7, 11) is 0. The number of benzene rings is 1. The van der Waals surface area contributed by atoms with E-state index in [1.165, 1.54) is 5.56 Å². The third-order valence-corrected chi connectivity index (χ3v) is 3.80. The zero-order valence-corrected chi connectivity index (χ0v) is 10.4. The lowest BCUT2D eigenvalue weighted by Gasteiger charge is -2.27. The molecule has 3 rings (SSSR count). The van der Waals surface area contributed by atoms with Gasteiger partial charge in [-0.25, -0.2) is 0 Å². The van der Waals surface area contributed by atoms with Crippen LogP contribution in [0.2, 0.25) is 0 Å². The van der Waals surface area contributed by atoms with Gasteiger partial charge >= 0.3 is 0 Å². The van der Waals surface area contributed by atoms with E-state index in [-0.39, 0.29) is 11.8 Å². The number of hydrogen-bond donors (Lipinski definition) is 1. The fraction of sp³-hybridized carbons (Fsp3) is 0.500. The van der Waals surface area contributed by atoms with Crippen LogP contribution in [0.15, 0.2) is 18.2 Å². The Morgan fingerprint density at radius 1 is 1.44 bits per heavy atom. The number of anilines is 2. The number of para-hydroxylation sites is 1. The van der Waals surface area contributed by atoms with Crippen LogP contribution in [0.4, 0.5) is 11.4 Å². The van der Waals surface area contributed by atoms with Crippen molar-refractivity contribution in [2.75, 3.05) is 30.4 Å². The summed E-state index contributed by atoms with van der Waals surface area (Å²) in [5.41, 5.74) is 8.81. The third kappa shape index (κ3) is 1.86. The number of nitrogens with zero attached hydrogens (tertiary/aromatic N) is 1. The molecule has 96 valence electrons. The SMILES string of the molecule is Nc1cccc2c1N(C(=O)C1CCCOC1)CC2. The summed E-state index contributed by atoms with van der Waals surface area (Å²) in [5, 5.41) is 0. The molecule has 1 aromatic rings. The molecule has 1 fully saturated rings. The molecular formula is C14H18N2O2. The van der Waals surface area contributed by atoms with Gasteiger partial charge in [0.25, 0.3) is 0 Å². The maximum absolute atomic E-state index is 12.5. The first kappa shape index (κ1) is 11.5. The van der Waals surface area contributed by atoms with Crippen molar-refractivity contribution in [1.82, 2.24) is 0 Å². The Morgan fingerprint density at radius 3 is 3.11 bits per heavy atom. The Bertz CT molecular complexity index is 467. The van der Waals surface area contributed by atoms with Crippen LogP contribution in [0.3, 0.4) is 0 Å². The van der Waals surface area contributed by atoms with Crippen LogP contribution >= 0.6 is 0 Å². The number of carbonyl (C=O) groups is 1. The Labute approximate surface area is 107 Å². The molecule has 4 nitrogen and oxygen atoms in total. The van der Waals surface area contributed by atoms with Gasteiger partial charge in [-0.1, -0.05) is 12.1 Å². The smallest absolute Gasteiger partial charge is 0.232 e. The number of carbonyl (C=O) groups excluding carboxylic acids is 1. The molecule has 2 aliphatic rings. The number of hydrogen-bond acceptors (Lipinski definition) is 3. The first-order chi connectivity index (χ1) is 8.77. The number of rotatable bonds is 1. The van der Waals surface area contributed by atoms with Crippen molar-refractivity contribution < 1.29 is 9.53 Å². The van der Waals surface area contributed by atoms with Crippen molar-refractivity contribution in [3.63, 3.8) is 0 Å². The van der Waals surface area contributed by atoms with E-state index in [0.717, 1.165) is 38.1 Å². The molecule has 0 aliphatic carbocycles. The van der Waals surface area contributed by atoms with Crippen molar-refractivity contribution in [3.8, 4) is 0 Å². The Kier molecular flexibility index (Phi) is 2.96. The highest BCUT2D eigenvalue weighted by Crippen LogP contribution is 2.35. The summed E-state index contributed by atoms with van der Waals surface area (Å²) in [6.45, 7) is 2.08. The van der Waals surface area contributed by atoms with Crippen LogP contribution in [-0.4, -0.2) is 25.7 Å². The zero-order valence-electron chi connectivity index (χ0n) is 10.4. The van der Waals surface area contributed by atoms with E-state index in [2.05, 4.69) is 6.07 Å². The van der Waals surface area contributed by atoms with Crippen molar-refractivity contribution in [1.29, 1.82) is 0 Å². The van der Waals surface area contributed by atoms with Crippen molar-refractivity contribution >= 4 is 17.3 Å². The molecule has 0 radical (unpaired) electrons. The van der Waals surface area contributed by atoms with Crippen molar-refractivity contribution in [3.05, 3.63) is 23.8 Å². The van der Waals surface area contributed by atoms with Crippen molar-refractivity contribution in [2.45, 2.75) is 19.3 Å². The largest absolute Gasteiger partial charge is 0.397 e. The van der Waals surface area contributed by atoms with Gasteiger partial charge in [-0.15, -0.1) is 0 Å². The number of nitrogens with two attached hydrogens (primary N) is 1. The van der Waals surface area contributed by atoms with E-state index >= 15 is 0 Å². The summed E-state index contributed by atoms with van der Waals surface area (Å²) >= 11 is 0. The molecule has 18 heavy (non-hydrogen) atoms. The van der Waals surface area contributed by atoms with Gasteiger partial charge in [-0.2, -0.15) is 0 Å². The van der Waals surface area contributed by atoms with E-state index in [1.807, 2.05) is 17.0 Å². The van der Waals surface area contributed by atoms with Crippen LogP contribution in [0, 0.1) is 5.92 Å². The summed E-state index contributed by atoms with van der Waals surface area (Å²) < 4.78 is 5.40. The highest BCUT2D eigenvalue weighted by molar-refractivity contribution is 6.00. The quantitative estimate of drug-likeness (QED) is 0.765. The highest BCUT2D eigenvalue weighted by Gasteiger charge is 2.32. The number of amides is 1. The van der Waals surface area contributed by atoms with Crippen LogP contribution in [0.25, 0.3) is 0 Å². The van der Waals surface area contributed by atoms with Crippen LogP contribution in [0.5, 0.6) is 0 Å². The molecule has 2 N–H and O–H groups in total. The molecule has 1 amide bonds. The standard InChI is InChI=1S/C14H18N2O2/c15-12-5-1-3-10-6-7-16(13(10)12)14(17)11-4-2-8-18-9-11/h1,3,5,11H,2,4,6-9,15H2. The second-order valence-corrected chi connectivity index (χ2v) is 5.01. The third-order valence-electron chi connectivity index (χ3n) is 3.80. The molecule has 1 saturated heterocycles. The average Bonchev–Trinajstić information content (AvgIpc) is 2.84. The minimum absolute atomic E-state index is 0.00399. The molecule has 1 aromatic carbocycles. The number of fused-ring (bicyclic) bond motifs is 1. The van der Waals surface area contributed by atoms with Crippen LogP contribution < -0.4 is 10.6 Å². The van der Waals surface area contributed by atoms with Crippen molar-refractivity contribution in [2.24, 2.45) is 5.92 Å². The van der Waals surface area contributed by atoms with E-state index in [1.54, 1.807) is 0 Å². The Hall–Kier alpha value is -1.55. The minimum Gasteiger partial charge on any atom is -0.397 e. The Balaban J connectivity index is 1.85. The lowest BCUT2D eigenvalue weighted by Crippen LogP contribution is -2.38. The first-order valence-corrected chi connectivity index (χ1v) is 6.54. The fourth-order valence-corrected chi connectivity index (χ4v) is 2.86. The summed E-state index contributed by atoms with van der Waals surface area (Å²) in [5.74, 6) is 0.177. The molecule has 1 atom stereocenters. The van der Waals surface area contributed by atoms with Crippen LogP contribution in [0.1, 0.15) is 18.4 Å². The maximum Gasteiger partial charge on any atom is 0.232 e. The second-order valence-electron chi connectivity index (χ2n) is 5.01. The second kappa shape index (κ2) is 4.61. The summed E-state index contributed by atoms with van der Waals surface area (Å²) in [6, 6.07) is 5.87.